The van der Waals surface area contributed by atoms with Crippen LogP contribution in [0.4, 0.5) is 5.69 Å². The molecule has 1 aliphatic heterocycles. The molecule has 0 aliphatic carbocycles. The van der Waals surface area contributed by atoms with E-state index in [2.05, 4.69) is 9.88 Å². The number of thiocarbonyl (C=S) groups is 1. The van der Waals surface area contributed by atoms with Crippen LogP contribution < -0.4 is 10.6 Å². The molecule has 0 amide bonds. The van der Waals surface area contributed by atoms with Gasteiger partial charge in [-0.25, -0.2) is 0 Å². The number of anilines is 1. The minimum Gasteiger partial charge on any atom is -0.389 e. The van der Waals surface area contributed by atoms with Crippen LogP contribution in [-0.2, 0) is 4.74 Å². The highest BCUT2D eigenvalue weighted by atomic mass is 32.1. The number of nitrogens with two attached hydrogens (primary N) is 1. The van der Waals surface area contributed by atoms with Gasteiger partial charge in [-0.05, 0) is 12.5 Å². The Balaban J connectivity index is 2.27. The molecule has 0 spiro atoms. The number of pyridine rings is 1. The molecule has 1 aromatic heterocycles. The lowest BCUT2D eigenvalue weighted by Gasteiger charge is -2.26. The van der Waals surface area contributed by atoms with E-state index < -0.39 is 0 Å². The van der Waals surface area contributed by atoms with E-state index in [1.54, 1.807) is 12.4 Å². The Labute approximate surface area is 100 Å². The molecule has 0 aromatic carbocycles. The first-order valence-corrected chi connectivity index (χ1v) is 5.65. The smallest absolute Gasteiger partial charge is 0.106 e. The van der Waals surface area contributed by atoms with Crippen LogP contribution in [-0.4, -0.2) is 36.3 Å². The van der Waals surface area contributed by atoms with Gasteiger partial charge in [0.05, 0.1) is 24.5 Å². The molecule has 1 atom stereocenters. The van der Waals surface area contributed by atoms with Gasteiger partial charge in [0.2, 0.25) is 0 Å². The molecule has 2 rings (SSSR count). The van der Waals surface area contributed by atoms with Gasteiger partial charge in [-0.15, -0.1) is 0 Å². The van der Waals surface area contributed by atoms with Crippen molar-refractivity contribution < 1.29 is 4.74 Å². The molecule has 4 nitrogen and oxygen atoms in total. The average molecular weight is 237 g/mol. The summed E-state index contributed by atoms with van der Waals surface area (Å²) in [5.74, 6) is 0. The summed E-state index contributed by atoms with van der Waals surface area (Å²) in [5, 5.41) is 0. The van der Waals surface area contributed by atoms with E-state index in [4.69, 9.17) is 22.7 Å². The van der Waals surface area contributed by atoms with E-state index in [0.717, 1.165) is 30.9 Å². The zero-order valence-corrected chi connectivity index (χ0v) is 10.0. The number of hydrogen-bond acceptors (Lipinski definition) is 4. The summed E-state index contributed by atoms with van der Waals surface area (Å²) in [6.45, 7) is 1.57. The fourth-order valence-electron chi connectivity index (χ4n) is 1.90. The monoisotopic (exact) mass is 237 g/mol. The molecule has 2 heterocycles. The SMILES string of the molecule is CN(c1cnccc1C(N)=S)C1CCOC1. The molecule has 16 heavy (non-hydrogen) atoms. The maximum Gasteiger partial charge on any atom is 0.106 e. The molecule has 0 saturated carbocycles. The Hall–Kier alpha value is -1.20. The quantitative estimate of drug-likeness (QED) is 0.793. The van der Waals surface area contributed by atoms with Gasteiger partial charge in [-0.2, -0.15) is 0 Å². The maximum absolute atomic E-state index is 5.70. The summed E-state index contributed by atoms with van der Waals surface area (Å²) in [6, 6.07) is 2.24. The first-order valence-electron chi connectivity index (χ1n) is 5.24. The van der Waals surface area contributed by atoms with Gasteiger partial charge in [-0.3, -0.25) is 4.98 Å². The van der Waals surface area contributed by atoms with Crippen LogP contribution in [0.2, 0.25) is 0 Å². The molecule has 0 radical (unpaired) electrons. The van der Waals surface area contributed by atoms with Crippen molar-refractivity contribution in [1.29, 1.82) is 0 Å². The Bertz CT molecular complexity index is 391. The van der Waals surface area contributed by atoms with Crippen LogP contribution in [0.25, 0.3) is 0 Å². The number of ether oxygens (including phenoxy) is 1. The van der Waals surface area contributed by atoms with Gasteiger partial charge in [0.25, 0.3) is 0 Å². The topological polar surface area (TPSA) is 51.4 Å². The lowest BCUT2D eigenvalue weighted by atomic mass is 10.1. The van der Waals surface area contributed by atoms with Crippen LogP contribution in [0.5, 0.6) is 0 Å². The van der Waals surface area contributed by atoms with Gasteiger partial charge in [0.15, 0.2) is 0 Å². The van der Waals surface area contributed by atoms with Crippen molar-refractivity contribution in [3.8, 4) is 0 Å². The fraction of sp³-hybridized carbons (Fsp3) is 0.455. The van der Waals surface area contributed by atoms with Crippen LogP contribution in [0, 0.1) is 0 Å². The van der Waals surface area contributed by atoms with Gasteiger partial charge >= 0.3 is 0 Å². The third kappa shape index (κ3) is 2.15. The summed E-state index contributed by atoms with van der Waals surface area (Å²) in [5.41, 5.74) is 7.55. The maximum atomic E-state index is 5.70. The summed E-state index contributed by atoms with van der Waals surface area (Å²) in [4.78, 5) is 6.68. The molecule has 1 aliphatic rings. The van der Waals surface area contributed by atoms with E-state index in [-0.39, 0.29) is 0 Å². The van der Waals surface area contributed by atoms with E-state index in [1.165, 1.54) is 0 Å². The van der Waals surface area contributed by atoms with Crippen LogP contribution in [0.3, 0.4) is 0 Å². The second-order valence-electron chi connectivity index (χ2n) is 3.89. The van der Waals surface area contributed by atoms with Crippen molar-refractivity contribution in [2.45, 2.75) is 12.5 Å². The molecule has 2 N–H and O–H groups in total. The first-order chi connectivity index (χ1) is 7.70. The van der Waals surface area contributed by atoms with Crippen molar-refractivity contribution >= 4 is 22.9 Å². The van der Waals surface area contributed by atoms with E-state index in [9.17, 15) is 0 Å². The van der Waals surface area contributed by atoms with Crippen molar-refractivity contribution in [3.63, 3.8) is 0 Å². The standard InChI is InChI=1S/C11H15N3OS/c1-14(8-3-5-15-7-8)10-6-13-4-2-9(10)11(12)16/h2,4,6,8H,3,5,7H2,1H3,(H2,12,16). The van der Waals surface area contributed by atoms with E-state index in [1.807, 2.05) is 13.1 Å². The van der Waals surface area contributed by atoms with E-state index in [0.29, 0.717) is 11.0 Å². The van der Waals surface area contributed by atoms with Gasteiger partial charge in [-0.1, -0.05) is 12.2 Å². The van der Waals surface area contributed by atoms with Crippen molar-refractivity contribution in [2.75, 3.05) is 25.2 Å². The minimum absolute atomic E-state index is 0.386. The average Bonchev–Trinajstić information content (AvgIpc) is 2.81. The Morgan fingerprint density at radius 1 is 1.69 bits per heavy atom. The largest absolute Gasteiger partial charge is 0.389 e. The highest BCUT2D eigenvalue weighted by Gasteiger charge is 2.22. The Kier molecular flexibility index (Phi) is 3.36. The zero-order valence-electron chi connectivity index (χ0n) is 9.22. The lowest BCUT2D eigenvalue weighted by molar-refractivity contribution is 0.193. The fourth-order valence-corrected chi connectivity index (χ4v) is 2.07. The van der Waals surface area contributed by atoms with Gasteiger partial charge < -0.3 is 15.4 Å². The van der Waals surface area contributed by atoms with Crippen LogP contribution in [0.15, 0.2) is 18.5 Å². The molecule has 0 bridgehead atoms. The Morgan fingerprint density at radius 2 is 2.50 bits per heavy atom. The number of aromatic nitrogens is 1. The molecule has 1 aromatic rings. The van der Waals surface area contributed by atoms with Gasteiger partial charge in [0.1, 0.15) is 4.99 Å². The van der Waals surface area contributed by atoms with Crippen molar-refractivity contribution in [3.05, 3.63) is 24.0 Å². The molecular formula is C11H15N3OS. The predicted molar refractivity (Wildman–Crippen MR) is 67.8 cm³/mol. The predicted octanol–water partition coefficient (Wildman–Crippen LogP) is 0.941. The third-order valence-electron chi connectivity index (χ3n) is 2.90. The summed E-state index contributed by atoms with van der Waals surface area (Å²) in [6.07, 6.45) is 4.53. The highest BCUT2D eigenvalue weighted by molar-refractivity contribution is 7.80. The molecule has 1 fully saturated rings. The molecule has 1 unspecified atom stereocenters. The summed E-state index contributed by atoms with van der Waals surface area (Å²) < 4.78 is 5.37. The van der Waals surface area contributed by atoms with Crippen LogP contribution in [0.1, 0.15) is 12.0 Å². The first kappa shape index (κ1) is 11.3. The lowest BCUT2D eigenvalue weighted by Crippen LogP contribution is -2.33. The van der Waals surface area contributed by atoms with Crippen LogP contribution >= 0.6 is 12.2 Å². The summed E-state index contributed by atoms with van der Waals surface area (Å²) >= 11 is 5.04. The normalized spacial score (nSPS) is 19.7. The number of hydrogen-bond donors (Lipinski definition) is 1. The van der Waals surface area contributed by atoms with Crippen molar-refractivity contribution in [1.82, 2.24) is 4.98 Å². The second-order valence-corrected chi connectivity index (χ2v) is 4.33. The highest BCUT2D eigenvalue weighted by Crippen LogP contribution is 2.23. The minimum atomic E-state index is 0.386. The molecular weight excluding hydrogens is 222 g/mol. The third-order valence-corrected chi connectivity index (χ3v) is 3.12. The molecule has 1 saturated heterocycles. The molecule has 86 valence electrons. The van der Waals surface area contributed by atoms with E-state index >= 15 is 0 Å². The van der Waals surface area contributed by atoms with Crippen molar-refractivity contribution in [2.24, 2.45) is 5.73 Å². The number of likely N-dealkylation sites (N-methyl/N-ethyl adjacent to an activating group) is 1. The zero-order chi connectivity index (χ0) is 11.5. The summed E-state index contributed by atoms with van der Waals surface area (Å²) in [7, 11) is 2.03. The number of rotatable bonds is 3. The second kappa shape index (κ2) is 4.76. The van der Waals surface area contributed by atoms with Gasteiger partial charge in [0, 0.05) is 25.4 Å². The number of nitrogens with zero attached hydrogens (tertiary/aromatic N) is 2. The molecule has 5 heteroatoms. The Morgan fingerprint density at radius 3 is 3.12 bits per heavy atom.